The minimum Gasteiger partial charge on any atom is -0.479 e. The first-order valence-electron chi connectivity index (χ1n) is 6.62. The Bertz CT molecular complexity index is 391. The summed E-state index contributed by atoms with van der Waals surface area (Å²) in [6.07, 6.45) is 2.67. The summed E-state index contributed by atoms with van der Waals surface area (Å²) in [6.45, 7) is 2.72. The third-order valence-electron chi connectivity index (χ3n) is 3.67. The molecule has 6 heteroatoms. The van der Waals surface area contributed by atoms with Crippen LogP contribution in [0.15, 0.2) is 0 Å². The quantitative estimate of drug-likeness (QED) is 0.821. The second-order valence-electron chi connectivity index (χ2n) is 4.95. The summed E-state index contributed by atoms with van der Waals surface area (Å²) >= 11 is 0. The molecule has 0 saturated carbocycles. The number of carboxylic acid groups (broad SMARTS) is 1. The first-order valence-corrected chi connectivity index (χ1v) is 6.62. The van der Waals surface area contributed by atoms with Crippen LogP contribution >= 0.6 is 0 Å². The zero-order chi connectivity index (χ0) is 14.5. The van der Waals surface area contributed by atoms with Gasteiger partial charge in [-0.05, 0) is 19.3 Å². The zero-order valence-electron chi connectivity index (χ0n) is 11.6. The van der Waals surface area contributed by atoms with E-state index < -0.39 is 11.5 Å². The molecule has 1 rings (SSSR count). The number of hydrogen-bond acceptors (Lipinski definition) is 3. The second-order valence-corrected chi connectivity index (χ2v) is 4.95. The van der Waals surface area contributed by atoms with Crippen LogP contribution in [0.2, 0.25) is 0 Å². The topological polar surface area (TPSA) is 84.6 Å². The lowest BCUT2D eigenvalue weighted by atomic mass is 9.91. The largest absolute Gasteiger partial charge is 0.479 e. The molecule has 0 aromatic carbocycles. The molecule has 0 aromatic heterocycles. The summed E-state index contributed by atoms with van der Waals surface area (Å²) in [5.74, 6) is -0.922. The van der Waals surface area contributed by atoms with Crippen LogP contribution in [-0.2, 0) is 4.79 Å². The maximum atomic E-state index is 12.3. The number of carboxylic acids is 1. The molecule has 0 bridgehead atoms. The van der Waals surface area contributed by atoms with Crippen molar-refractivity contribution in [2.45, 2.75) is 44.6 Å². The number of amides is 2. The maximum Gasteiger partial charge on any atom is 0.329 e. The van der Waals surface area contributed by atoms with Crippen molar-refractivity contribution < 1.29 is 14.7 Å². The minimum absolute atomic E-state index is 0.254. The maximum absolute atomic E-state index is 12.3. The van der Waals surface area contributed by atoms with E-state index in [1.807, 2.05) is 13.0 Å². The predicted octanol–water partition coefficient (Wildman–Crippen LogP) is 1.67. The molecule has 19 heavy (non-hydrogen) atoms. The molecule has 1 N–H and O–H groups in total. The molecule has 0 aromatic rings. The Morgan fingerprint density at radius 2 is 2.21 bits per heavy atom. The monoisotopic (exact) mass is 267 g/mol. The van der Waals surface area contributed by atoms with Gasteiger partial charge in [-0.1, -0.05) is 13.3 Å². The van der Waals surface area contributed by atoms with E-state index in [9.17, 15) is 14.7 Å². The van der Waals surface area contributed by atoms with Gasteiger partial charge >= 0.3 is 12.0 Å². The first-order chi connectivity index (χ1) is 8.99. The van der Waals surface area contributed by atoms with Gasteiger partial charge in [0.05, 0.1) is 12.5 Å². The Hall–Kier alpha value is -1.77. The van der Waals surface area contributed by atoms with Crippen molar-refractivity contribution in [1.29, 1.82) is 5.26 Å². The number of nitriles is 1. The van der Waals surface area contributed by atoms with Crippen LogP contribution in [0.3, 0.4) is 0 Å². The lowest BCUT2D eigenvalue weighted by molar-refractivity contribution is -0.148. The molecule has 0 radical (unpaired) electrons. The zero-order valence-corrected chi connectivity index (χ0v) is 11.6. The molecule has 2 amide bonds. The fraction of sp³-hybridized carbons (Fsp3) is 0.769. The molecule has 0 aliphatic carbocycles. The van der Waals surface area contributed by atoms with Crippen LogP contribution in [0.1, 0.15) is 39.0 Å². The van der Waals surface area contributed by atoms with E-state index in [-0.39, 0.29) is 12.5 Å². The minimum atomic E-state index is -1.06. The van der Waals surface area contributed by atoms with Gasteiger partial charge in [-0.15, -0.1) is 0 Å². The summed E-state index contributed by atoms with van der Waals surface area (Å²) in [6, 6.07) is 1.70. The highest BCUT2D eigenvalue weighted by molar-refractivity contribution is 5.87. The number of rotatable bonds is 5. The first kappa shape index (κ1) is 15.3. The average molecular weight is 267 g/mol. The number of carbonyl (C=O) groups excluding carboxylic acids is 1. The van der Waals surface area contributed by atoms with Crippen molar-refractivity contribution in [2.75, 3.05) is 20.1 Å². The Morgan fingerprint density at radius 3 is 2.74 bits per heavy atom. The Balaban J connectivity index is 2.87. The molecule has 1 unspecified atom stereocenters. The second kappa shape index (κ2) is 6.41. The third-order valence-corrected chi connectivity index (χ3v) is 3.67. The third kappa shape index (κ3) is 2.98. The normalized spacial score (nSPS) is 22.1. The summed E-state index contributed by atoms with van der Waals surface area (Å²) < 4.78 is 0. The molecule has 6 nitrogen and oxygen atoms in total. The van der Waals surface area contributed by atoms with E-state index in [4.69, 9.17) is 5.26 Å². The van der Waals surface area contributed by atoms with Crippen LogP contribution in [0.25, 0.3) is 0 Å². The number of carbonyl (C=O) groups is 2. The number of urea groups is 1. The molecule has 1 fully saturated rings. The van der Waals surface area contributed by atoms with E-state index in [0.29, 0.717) is 32.4 Å². The van der Waals surface area contributed by atoms with E-state index >= 15 is 0 Å². The summed E-state index contributed by atoms with van der Waals surface area (Å²) in [5.41, 5.74) is -1.06. The van der Waals surface area contributed by atoms with Crippen LogP contribution in [0.5, 0.6) is 0 Å². The smallest absolute Gasteiger partial charge is 0.329 e. The van der Waals surface area contributed by atoms with Crippen LogP contribution < -0.4 is 0 Å². The van der Waals surface area contributed by atoms with E-state index in [1.54, 1.807) is 7.05 Å². The number of aliphatic carboxylic acids is 1. The predicted molar refractivity (Wildman–Crippen MR) is 69.5 cm³/mol. The molecule has 0 spiro atoms. The highest BCUT2D eigenvalue weighted by atomic mass is 16.4. The van der Waals surface area contributed by atoms with Gasteiger partial charge in [-0.2, -0.15) is 5.26 Å². The van der Waals surface area contributed by atoms with Crippen molar-refractivity contribution in [3.8, 4) is 6.07 Å². The van der Waals surface area contributed by atoms with Gasteiger partial charge in [0, 0.05) is 20.1 Å². The van der Waals surface area contributed by atoms with Crippen molar-refractivity contribution in [2.24, 2.45) is 0 Å². The van der Waals surface area contributed by atoms with Crippen molar-refractivity contribution in [3.05, 3.63) is 0 Å². The standard InChI is InChI=1S/C13H21N3O3/c1-3-6-13(11(17)18)7-4-10-16(13)12(19)15(2)9-5-8-14/h3-7,9-10H2,1-2H3,(H,17,18). The molecular formula is C13H21N3O3. The van der Waals surface area contributed by atoms with Crippen LogP contribution in [-0.4, -0.2) is 52.6 Å². The van der Waals surface area contributed by atoms with Gasteiger partial charge in [0.25, 0.3) is 0 Å². The lowest BCUT2D eigenvalue weighted by Crippen LogP contribution is -2.56. The molecule has 1 saturated heterocycles. The van der Waals surface area contributed by atoms with Gasteiger partial charge in [0.1, 0.15) is 5.54 Å². The molecular weight excluding hydrogens is 246 g/mol. The Morgan fingerprint density at radius 1 is 1.53 bits per heavy atom. The van der Waals surface area contributed by atoms with Crippen LogP contribution in [0.4, 0.5) is 4.79 Å². The SMILES string of the molecule is CCCC1(C(=O)O)CCCN1C(=O)N(C)CCC#N. The van der Waals surface area contributed by atoms with Crippen LogP contribution in [0, 0.1) is 11.3 Å². The molecule has 1 aliphatic rings. The number of likely N-dealkylation sites (tertiary alicyclic amines) is 1. The fourth-order valence-electron chi connectivity index (χ4n) is 2.68. The Labute approximate surface area is 113 Å². The molecule has 1 atom stereocenters. The van der Waals surface area contributed by atoms with E-state index in [1.165, 1.54) is 9.80 Å². The van der Waals surface area contributed by atoms with Crippen molar-refractivity contribution >= 4 is 12.0 Å². The van der Waals surface area contributed by atoms with Crippen molar-refractivity contribution in [1.82, 2.24) is 9.80 Å². The average Bonchev–Trinajstić information content (AvgIpc) is 2.80. The fourth-order valence-corrected chi connectivity index (χ4v) is 2.68. The summed E-state index contributed by atoms with van der Waals surface area (Å²) in [4.78, 5) is 26.8. The molecule has 1 heterocycles. The van der Waals surface area contributed by atoms with Gasteiger partial charge in [0.15, 0.2) is 0 Å². The van der Waals surface area contributed by atoms with Gasteiger partial charge in [0.2, 0.25) is 0 Å². The molecule has 106 valence electrons. The van der Waals surface area contributed by atoms with E-state index in [2.05, 4.69) is 0 Å². The Kier molecular flexibility index (Phi) is 5.16. The molecule has 1 aliphatic heterocycles. The summed E-state index contributed by atoms with van der Waals surface area (Å²) in [7, 11) is 1.61. The number of hydrogen-bond donors (Lipinski definition) is 1. The van der Waals surface area contributed by atoms with Gasteiger partial charge in [-0.25, -0.2) is 9.59 Å². The summed E-state index contributed by atoms with van der Waals surface area (Å²) in [5, 5.41) is 18.0. The van der Waals surface area contributed by atoms with Gasteiger partial charge in [-0.3, -0.25) is 0 Å². The van der Waals surface area contributed by atoms with Gasteiger partial charge < -0.3 is 14.9 Å². The van der Waals surface area contributed by atoms with Crippen molar-refractivity contribution in [3.63, 3.8) is 0 Å². The number of nitrogens with zero attached hydrogens (tertiary/aromatic N) is 3. The highest BCUT2D eigenvalue weighted by Crippen LogP contribution is 2.34. The lowest BCUT2D eigenvalue weighted by Gasteiger charge is -2.36. The highest BCUT2D eigenvalue weighted by Gasteiger charge is 2.49. The van der Waals surface area contributed by atoms with E-state index in [0.717, 1.165) is 6.42 Å².